The summed E-state index contributed by atoms with van der Waals surface area (Å²) in [5.41, 5.74) is -0.101. The maximum atomic E-state index is 10.6. The number of carboxylic acid groups (broad SMARTS) is 1. The summed E-state index contributed by atoms with van der Waals surface area (Å²) in [6.07, 6.45) is 2.42. The highest BCUT2D eigenvalue weighted by molar-refractivity contribution is 5.78. The number of anilines is 1. The van der Waals surface area contributed by atoms with Crippen LogP contribution in [0.5, 0.6) is 0 Å². The second kappa shape index (κ2) is 4.36. The van der Waals surface area contributed by atoms with E-state index in [0.717, 1.165) is 6.20 Å². The molecule has 0 bridgehead atoms. The van der Waals surface area contributed by atoms with Crippen molar-refractivity contribution < 1.29 is 14.8 Å². The van der Waals surface area contributed by atoms with E-state index in [1.54, 1.807) is 0 Å². The Labute approximate surface area is 84.9 Å². The SMILES string of the molecule is CC(Nc1ccncc1[N+](=O)[O-])C(=O)O. The number of rotatable bonds is 4. The van der Waals surface area contributed by atoms with Gasteiger partial charge in [0.25, 0.3) is 0 Å². The Kier molecular flexibility index (Phi) is 3.17. The number of aromatic nitrogens is 1. The number of hydrogen-bond donors (Lipinski definition) is 2. The summed E-state index contributed by atoms with van der Waals surface area (Å²) in [5.74, 6) is -1.08. The first-order valence-electron chi connectivity index (χ1n) is 4.10. The molecule has 0 aliphatic carbocycles. The third-order valence-electron chi connectivity index (χ3n) is 1.74. The Bertz CT molecular complexity index is 393. The van der Waals surface area contributed by atoms with Gasteiger partial charge in [-0.1, -0.05) is 0 Å². The van der Waals surface area contributed by atoms with Gasteiger partial charge >= 0.3 is 11.7 Å². The van der Waals surface area contributed by atoms with Crippen molar-refractivity contribution in [2.75, 3.05) is 5.32 Å². The van der Waals surface area contributed by atoms with Crippen LogP contribution in [0.3, 0.4) is 0 Å². The molecule has 1 unspecified atom stereocenters. The van der Waals surface area contributed by atoms with Gasteiger partial charge in [0.1, 0.15) is 17.9 Å². The fourth-order valence-electron chi connectivity index (χ4n) is 0.949. The largest absolute Gasteiger partial charge is 0.480 e. The number of carbonyl (C=O) groups is 1. The van der Waals surface area contributed by atoms with Gasteiger partial charge in [-0.2, -0.15) is 0 Å². The summed E-state index contributed by atoms with van der Waals surface area (Å²) in [4.78, 5) is 24.1. The highest BCUT2D eigenvalue weighted by Gasteiger charge is 2.17. The van der Waals surface area contributed by atoms with Crippen LogP contribution < -0.4 is 5.32 Å². The molecule has 80 valence electrons. The number of pyridine rings is 1. The number of carboxylic acids is 1. The lowest BCUT2D eigenvalue weighted by molar-refractivity contribution is -0.384. The quantitative estimate of drug-likeness (QED) is 0.565. The summed E-state index contributed by atoms with van der Waals surface area (Å²) in [6.45, 7) is 1.40. The van der Waals surface area contributed by atoms with Crippen LogP contribution in [0.1, 0.15) is 6.92 Å². The molecular formula is C8H9N3O4. The van der Waals surface area contributed by atoms with Gasteiger partial charge in [0, 0.05) is 6.20 Å². The lowest BCUT2D eigenvalue weighted by atomic mass is 10.3. The third-order valence-corrected chi connectivity index (χ3v) is 1.74. The Morgan fingerprint density at radius 2 is 2.40 bits per heavy atom. The number of hydrogen-bond acceptors (Lipinski definition) is 5. The third kappa shape index (κ3) is 2.63. The molecule has 0 saturated carbocycles. The molecule has 0 fully saturated rings. The van der Waals surface area contributed by atoms with Crippen molar-refractivity contribution in [2.45, 2.75) is 13.0 Å². The zero-order chi connectivity index (χ0) is 11.4. The second-order valence-electron chi connectivity index (χ2n) is 2.85. The van der Waals surface area contributed by atoms with Crippen molar-refractivity contribution in [3.05, 3.63) is 28.6 Å². The van der Waals surface area contributed by atoms with E-state index in [0.29, 0.717) is 0 Å². The van der Waals surface area contributed by atoms with E-state index in [1.165, 1.54) is 19.2 Å². The smallest absolute Gasteiger partial charge is 0.325 e. The van der Waals surface area contributed by atoms with Gasteiger partial charge in [-0.05, 0) is 13.0 Å². The first-order chi connectivity index (χ1) is 7.02. The Balaban J connectivity index is 2.94. The predicted molar refractivity (Wildman–Crippen MR) is 51.6 cm³/mol. The molecule has 7 nitrogen and oxygen atoms in total. The van der Waals surface area contributed by atoms with Crippen LogP contribution in [-0.2, 0) is 4.79 Å². The predicted octanol–water partition coefficient (Wildman–Crippen LogP) is 0.875. The molecule has 1 heterocycles. The molecule has 1 rings (SSSR count). The van der Waals surface area contributed by atoms with Gasteiger partial charge in [-0.15, -0.1) is 0 Å². The number of nitrogens with zero attached hydrogens (tertiary/aromatic N) is 2. The number of nitrogens with one attached hydrogen (secondary N) is 1. The van der Waals surface area contributed by atoms with Gasteiger partial charge in [-0.3, -0.25) is 19.9 Å². The van der Waals surface area contributed by atoms with Crippen LogP contribution in [0, 0.1) is 10.1 Å². The van der Waals surface area contributed by atoms with Gasteiger partial charge in [-0.25, -0.2) is 0 Å². The van der Waals surface area contributed by atoms with E-state index in [9.17, 15) is 14.9 Å². The molecule has 0 saturated heterocycles. The van der Waals surface area contributed by atoms with Crippen LogP contribution in [0.25, 0.3) is 0 Å². The van der Waals surface area contributed by atoms with Gasteiger partial charge < -0.3 is 10.4 Å². The normalized spacial score (nSPS) is 11.8. The Morgan fingerprint density at radius 1 is 1.73 bits per heavy atom. The molecule has 1 aromatic heterocycles. The van der Waals surface area contributed by atoms with Crippen molar-refractivity contribution >= 4 is 17.3 Å². The number of nitro groups is 1. The first kappa shape index (κ1) is 10.9. The highest BCUT2D eigenvalue weighted by atomic mass is 16.6. The summed E-state index contributed by atoms with van der Waals surface area (Å²) >= 11 is 0. The van der Waals surface area contributed by atoms with Crippen molar-refractivity contribution in [3.63, 3.8) is 0 Å². The van der Waals surface area contributed by atoms with Crippen molar-refractivity contribution in [1.29, 1.82) is 0 Å². The summed E-state index contributed by atoms with van der Waals surface area (Å²) in [6, 6.07) is 0.462. The topological polar surface area (TPSA) is 105 Å². The molecule has 0 spiro atoms. The lowest BCUT2D eigenvalue weighted by Crippen LogP contribution is -2.25. The number of aliphatic carboxylic acids is 1. The minimum Gasteiger partial charge on any atom is -0.480 e. The first-order valence-corrected chi connectivity index (χ1v) is 4.10. The Hall–Kier alpha value is -2.18. The molecule has 0 aliphatic heterocycles. The van der Waals surface area contributed by atoms with Crippen LogP contribution in [0.15, 0.2) is 18.5 Å². The van der Waals surface area contributed by atoms with E-state index in [2.05, 4.69) is 10.3 Å². The molecule has 0 aliphatic rings. The standard InChI is InChI=1S/C8H9N3O4/c1-5(8(12)13)10-6-2-3-9-4-7(6)11(14)15/h2-5H,1H3,(H,9,10)(H,12,13). The Morgan fingerprint density at radius 3 is 2.93 bits per heavy atom. The summed E-state index contributed by atoms with van der Waals surface area (Å²) in [7, 11) is 0. The fourth-order valence-corrected chi connectivity index (χ4v) is 0.949. The molecule has 15 heavy (non-hydrogen) atoms. The minimum absolute atomic E-state index is 0.143. The summed E-state index contributed by atoms with van der Waals surface area (Å²) in [5, 5.41) is 21.7. The molecular weight excluding hydrogens is 202 g/mol. The zero-order valence-corrected chi connectivity index (χ0v) is 7.88. The maximum Gasteiger partial charge on any atom is 0.325 e. The maximum absolute atomic E-state index is 10.6. The molecule has 1 aromatic rings. The molecule has 0 amide bonds. The van der Waals surface area contributed by atoms with E-state index in [1.807, 2.05) is 0 Å². The molecule has 7 heteroatoms. The monoisotopic (exact) mass is 211 g/mol. The van der Waals surface area contributed by atoms with Crippen molar-refractivity contribution in [1.82, 2.24) is 4.98 Å². The molecule has 1 atom stereocenters. The van der Waals surface area contributed by atoms with E-state index >= 15 is 0 Å². The van der Waals surface area contributed by atoms with Gasteiger partial charge in [0.15, 0.2) is 0 Å². The van der Waals surface area contributed by atoms with Gasteiger partial charge in [0.05, 0.1) is 4.92 Å². The zero-order valence-electron chi connectivity index (χ0n) is 7.88. The second-order valence-corrected chi connectivity index (χ2v) is 2.85. The fraction of sp³-hybridized carbons (Fsp3) is 0.250. The van der Waals surface area contributed by atoms with Crippen LogP contribution in [0.2, 0.25) is 0 Å². The minimum atomic E-state index is -1.08. The average Bonchev–Trinajstić information content (AvgIpc) is 2.18. The molecule has 2 N–H and O–H groups in total. The molecule has 0 radical (unpaired) electrons. The highest BCUT2D eigenvalue weighted by Crippen LogP contribution is 2.22. The van der Waals surface area contributed by atoms with Gasteiger partial charge in [0.2, 0.25) is 0 Å². The van der Waals surface area contributed by atoms with E-state index < -0.39 is 16.9 Å². The van der Waals surface area contributed by atoms with E-state index in [-0.39, 0.29) is 11.4 Å². The van der Waals surface area contributed by atoms with Crippen LogP contribution in [0.4, 0.5) is 11.4 Å². The van der Waals surface area contributed by atoms with Crippen LogP contribution in [-0.4, -0.2) is 27.0 Å². The van der Waals surface area contributed by atoms with Crippen LogP contribution >= 0.6 is 0 Å². The van der Waals surface area contributed by atoms with Crippen molar-refractivity contribution in [3.8, 4) is 0 Å². The average molecular weight is 211 g/mol. The summed E-state index contributed by atoms with van der Waals surface area (Å²) < 4.78 is 0. The lowest BCUT2D eigenvalue weighted by Gasteiger charge is -2.09. The van der Waals surface area contributed by atoms with E-state index in [4.69, 9.17) is 5.11 Å². The molecule has 0 aromatic carbocycles. The van der Waals surface area contributed by atoms with Crippen molar-refractivity contribution in [2.24, 2.45) is 0 Å².